The van der Waals surface area contributed by atoms with Gasteiger partial charge in [-0.3, -0.25) is 9.69 Å². The fourth-order valence-corrected chi connectivity index (χ4v) is 3.00. The topological polar surface area (TPSA) is 49.6 Å². The fraction of sp³-hybridized carbons (Fsp3) is 0.316. The number of hydrogen-bond donors (Lipinski definition) is 1. The molecule has 4 heteroatoms. The van der Waals surface area contributed by atoms with Crippen LogP contribution in [0.3, 0.4) is 0 Å². The van der Waals surface area contributed by atoms with E-state index in [9.17, 15) is 4.79 Å². The molecule has 2 N–H and O–H groups in total. The molecule has 1 aliphatic heterocycles. The number of benzene rings is 2. The van der Waals surface area contributed by atoms with E-state index in [1.807, 2.05) is 17.0 Å². The van der Waals surface area contributed by atoms with Crippen LogP contribution >= 0.6 is 0 Å². The largest absolute Gasteiger partial charge is 0.398 e. The Bertz CT molecular complexity index is 691. The molecule has 1 aliphatic rings. The molecule has 0 aliphatic carbocycles. The lowest BCUT2D eigenvalue weighted by molar-refractivity contribution is 0.0629. The maximum Gasteiger partial charge on any atom is 0.256 e. The normalized spacial score (nSPS) is 15.6. The van der Waals surface area contributed by atoms with E-state index in [-0.39, 0.29) is 5.91 Å². The number of nitrogens with two attached hydrogens (primary N) is 1. The van der Waals surface area contributed by atoms with Crippen LogP contribution in [0.4, 0.5) is 5.69 Å². The average Bonchev–Trinajstić information content (AvgIpc) is 2.57. The van der Waals surface area contributed by atoms with Gasteiger partial charge in [0, 0.05) is 38.4 Å². The highest BCUT2D eigenvalue weighted by molar-refractivity contribution is 5.99. The van der Waals surface area contributed by atoms with Gasteiger partial charge < -0.3 is 10.6 Å². The summed E-state index contributed by atoms with van der Waals surface area (Å²) < 4.78 is 0. The second-order valence-corrected chi connectivity index (χ2v) is 6.08. The van der Waals surface area contributed by atoms with Crippen molar-refractivity contribution in [1.82, 2.24) is 9.80 Å². The van der Waals surface area contributed by atoms with Gasteiger partial charge in [0.1, 0.15) is 0 Å². The number of nitrogen functional groups attached to an aromatic ring is 1. The minimum absolute atomic E-state index is 0.0404. The van der Waals surface area contributed by atoms with Gasteiger partial charge in [-0.2, -0.15) is 0 Å². The number of aryl methyl sites for hydroxylation is 1. The average molecular weight is 309 g/mol. The summed E-state index contributed by atoms with van der Waals surface area (Å²) >= 11 is 0. The summed E-state index contributed by atoms with van der Waals surface area (Å²) in [4.78, 5) is 16.9. The van der Waals surface area contributed by atoms with Crippen molar-refractivity contribution in [3.8, 4) is 0 Å². The predicted octanol–water partition coefficient (Wildman–Crippen LogP) is 2.54. The van der Waals surface area contributed by atoms with E-state index in [1.165, 1.54) is 11.1 Å². The lowest BCUT2D eigenvalue weighted by Crippen LogP contribution is -2.48. The number of carbonyl (C=O) groups excluding carboxylic acids is 1. The standard InChI is InChI=1S/C19H23N3O/c1-15-6-2-3-7-16(15)14-21-10-12-22(13-11-21)19(23)17-8-4-5-9-18(17)20/h2-9H,10-14,20H2,1H3. The minimum Gasteiger partial charge on any atom is -0.398 e. The molecular weight excluding hydrogens is 286 g/mol. The van der Waals surface area contributed by atoms with Crippen molar-refractivity contribution in [2.45, 2.75) is 13.5 Å². The highest BCUT2D eigenvalue weighted by atomic mass is 16.2. The van der Waals surface area contributed by atoms with E-state index in [4.69, 9.17) is 5.73 Å². The van der Waals surface area contributed by atoms with E-state index >= 15 is 0 Å². The van der Waals surface area contributed by atoms with Gasteiger partial charge in [-0.15, -0.1) is 0 Å². The molecule has 0 radical (unpaired) electrons. The van der Waals surface area contributed by atoms with Crippen molar-refractivity contribution >= 4 is 11.6 Å². The Balaban J connectivity index is 1.59. The Morgan fingerprint density at radius 1 is 1.00 bits per heavy atom. The van der Waals surface area contributed by atoms with Gasteiger partial charge in [-0.1, -0.05) is 36.4 Å². The fourth-order valence-electron chi connectivity index (χ4n) is 3.00. The van der Waals surface area contributed by atoms with Crippen molar-refractivity contribution in [3.05, 3.63) is 65.2 Å². The van der Waals surface area contributed by atoms with Crippen molar-refractivity contribution in [1.29, 1.82) is 0 Å². The van der Waals surface area contributed by atoms with Gasteiger partial charge in [-0.05, 0) is 30.2 Å². The summed E-state index contributed by atoms with van der Waals surface area (Å²) in [6, 6.07) is 15.8. The van der Waals surface area contributed by atoms with Crippen molar-refractivity contribution in [2.75, 3.05) is 31.9 Å². The number of anilines is 1. The third kappa shape index (κ3) is 3.54. The van der Waals surface area contributed by atoms with Crippen LogP contribution in [-0.4, -0.2) is 41.9 Å². The van der Waals surface area contributed by atoms with Crippen LogP contribution in [0.15, 0.2) is 48.5 Å². The van der Waals surface area contributed by atoms with Crippen LogP contribution in [0.5, 0.6) is 0 Å². The highest BCUT2D eigenvalue weighted by Gasteiger charge is 2.23. The zero-order valence-electron chi connectivity index (χ0n) is 13.5. The third-order valence-corrected chi connectivity index (χ3v) is 4.51. The molecule has 0 aromatic heterocycles. The van der Waals surface area contributed by atoms with Crippen LogP contribution < -0.4 is 5.73 Å². The highest BCUT2D eigenvalue weighted by Crippen LogP contribution is 2.17. The SMILES string of the molecule is Cc1ccccc1CN1CCN(C(=O)c2ccccc2N)CC1. The molecule has 2 aromatic rings. The van der Waals surface area contributed by atoms with Gasteiger partial charge in [-0.25, -0.2) is 0 Å². The third-order valence-electron chi connectivity index (χ3n) is 4.51. The second kappa shape index (κ2) is 6.84. The van der Waals surface area contributed by atoms with Crippen molar-refractivity contribution in [3.63, 3.8) is 0 Å². The van der Waals surface area contributed by atoms with E-state index < -0.39 is 0 Å². The predicted molar refractivity (Wildman–Crippen MR) is 93.2 cm³/mol. The van der Waals surface area contributed by atoms with Crippen LogP contribution in [0.25, 0.3) is 0 Å². The summed E-state index contributed by atoms with van der Waals surface area (Å²) in [6.45, 7) is 6.38. The van der Waals surface area contributed by atoms with Crippen LogP contribution in [0, 0.1) is 6.92 Å². The van der Waals surface area contributed by atoms with E-state index in [2.05, 4.69) is 36.1 Å². The first-order valence-electron chi connectivity index (χ1n) is 8.06. The number of carbonyl (C=O) groups is 1. The molecule has 120 valence electrons. The Hall–Kier alpha value is -2.33. The second-order valence-electron chi connectivity index (χ2n) is 6.08. The smallest absolute Gasteiger partial charge is 0.256 e. The summed E-state index contributed by atoms with van der Waals surface area (Å²) in [6.07, 6.45) is 0. The Kier molecular flexibility index (Phi) is 4.63. The molecule has 1 fully saturated rings. The first-order chi connectivity index (χ1) is 11.1. The summed E-state index contributed by atoms with van der Waals surface area (Å²) in [5, 5.41) is 0. The number of amides is 1. The van der Waals surface area contributed by atoms with Gasteiger partial charge >= 0.3 is 0 Å². The Morgan fingerprint density at radius 2 is 1.65 bits per heavy atom. The quantitative estimate of drug-likeness (QED) is 0.887. The molecule has 0 saturated carbocycles. The van der Waals surface area contributed by atoms with Gasteiger partial charge in [0.05, 0.1) is 5.56 Å². The maximum atomic E-state index is 12.6. The first-order valence-corrected chi connectivity index (χ1v) is 8.06. The number of para-hydroxylation sites is 1. The number of piperazine rings is 1. The van der Waals surface area contributed by atoms with Crippen molar-refractivity contribution < 1.29 is 4.79 Å². The number of rotatable bonds is 3. The monoisotopic (exact) mass is 309 g/mol. The zero-order chi connectivity index (χ0) is 16.2. The Morgan fingerprint density at radius 3 is 2.35 bits per heavy atom. The molecular formula is C19H23N3O. The molecule has 0 bridgehead atoms. The van der Waals surface area contributed by atoms with Crippen LogP contribution in [-0.2, 0) is 6.54 Å². The summed E-state index contributed by atoms with van der Waals surface area (Å²) in [7, 11) is 0. The van der Waals surface area contributed by atoms with E-state index in [0.717, 1.165) is 32.7 Å². The lowest BCUT2D eigenvalue weighted by Gasteiger charge is -2.35. The van der Waals surface area contributed by atoms with Crippen LogP contribution in [0.1, 0.15) is 21.5 Å². The first kappa shape index (κ1) is 15.6. The molecule has 2 aromatic carbocycles. The number of hydrogen-bond acceptors (Lipinski definition) is 3. The molecule has 3 rings (SSSR count). The van der Waals surface area contributed by atoms with Gasteiger partial charge in [0.2, 0.25) is 0 Å². The molecule has 4 nitrogen and oxygen atoms in total. The zero-order valence-corrected chi connectivity index (χ0v) is 13.5. The molecule has 23 heavy (non-hydrogen) atoms. The molecule has 1 amide bonds. The molecule has 0 spiro atoms. The van der Waals surface area contributed by atoms with E-state index in [0.29, 0.717) is 11.3 Å². The van der Waals surface area contributed by atoms with Crippen molar-refractivity contribution in [2.24, 2.45) is 0 Å². The summed E-state index contributed by atoms with van der Waals surface area (Å²) in [5.41, 5.74) is 9.77. The lowest BCUT2D eigenvalue weighted by atomic mass is 10.1. The van der Waals surface area contributed by atoms with Crippen LogP contribution in [0.2, 0.25) is 0 Å². The Labute approximate surface area is 137 Å². The van der Waals surface area contributed by atoms with Gasteiger partial charge in [0.25, 0.3) is 5.91 Å². The van der Waals surface area contributed by atoms with Gasteiger partial charge in [0.15, 0.2) is 0 Å². The molecule has 1 saturated heterocycles. The number of nitrogens with zero attached hydrogens (tertiary/aromatic N) is 2. The maximum absolute atomic E-state index is 12.6. The minimum atomic E-state index is 0.0404. The molecule has 0 unspecified atom stereocenters. The summed E-state index contributed by atoms with van der Waals surface area (Å²) in [5.74, 6) is 0.0404. The molecule has 1 heterocycles. The van der Waals surface area contributed by atoms with E-state index in [1.54, 1.807) is 12.1 Å². The molecule has 0 atom stereocenters.